The molecule has 2 aromatic rings. The van der Waals surface area contributed by atoms with E-state index in [1.165, 1.54) is 0 Å². The van der Waals surface area contributed by atoms with Crippen LogP contribution in [0.1, 0.15) is 12.1 Å². The number of carboxylic acid groups (broad SMARTS) is 1. The van der Waals surface area contributed by atoms with Crippen molar-refractivity contribution in [3.05, 3.63) is 42.1 Å². The third-order valence-corrected chi connectivity index (χ3v) is 2.91. The van der Waals surface area contributed by atoms with Crippen LogP contribution in [0.5, 0.6) is 0 Å². The van der Waals surface area contributed by atoms with Crippen molar-refractivity contribution >= 4 is 11.9 Å². The highest BCUT2D eigenvalue weighted by Gasteiger charge is 2.32. The van der Waals surface area contributed by atoms with Crippen LogP contribution in [0, 0.1) is 0 Å². The van der Waals surface area contributed by atoms with Crippen molar-refractivity contribution in [1.29, 1.82) is 0 Å². The summed E-state index contributed by atoms with van der Waals surface area (Å²) in [7, 11) is 0. The minimum Gasteiger partial charge on any atom is -0.481 e. The predicted octanol–water partition coefficient (Wildman–Crippen LogP) is 2.11. The monoisotopic (exact) mass is 324 g/mol. The molecule has 8 heteroatoms. The van der Waals surface area contributed by atoms with Gasteiger partial charge in [0.25, 0.3) is 5.92 Å². The Labute approximate surface area is 130 Å². The lowest BCUT2D eigenvalue weighted by Crippen LogP contribution is -2.38. The third kappa shape index (κ3) is 5.17. The van der Waals surface area contributed by atoms with Gasteiger partial charge in [-0.25, -0.2) is 8.78 Å². The summed E-state index contributed by atoms with van der Waals surface area (Å²) >= 11 is 0. The fourth-order valence-electron chi connectivity index (χ4n) is 1.87. The minimum absolute atomic E-state index is 0.237. The summed E-state index contributed by atoms with van der Waals surface area (Å²) in [6, 6.07) is 10.6. The number of nitrogens with one attached hydrogen (secondary N) is 1. The summed E-state index contributed by atoms with van der Waals surface area (Å²) < 4.78 is 31.4. The summed E-state index contributed by atoms with van der Waals surface area (Å²) in [5.74, 6) is -5.36. The summed E-state index contributed by atoms with van der Waals surface area (Å²) in [5.41, 5.74) is 1.07. The highest BCUT2D eigenvalue weighted by molar-refractivity contribution is 5.78. The van der Waals surface area contributed by atoms with Crippen molar-refractivity contribution < 1.29 is 28.0 Å². The molecule has 0 unspecified atom stereocenters. The maximum Gasteiger partial charge on any atom is 0.309 e. The Morgan fingerprint density at radius 3 is 2.61 bits per heavy atom. The molecule has 0 fully saturated rings. The van der Waals surface area contributed by atoms with Gasteiger partial charge in [0.15, 0.2) is 5.76 Å². The van der Waals surface area contributed by atoms with Gasteiger partial charge in [-0.2, -0.15) is 0 Å². The first-order chi connectivity index (χ1) is 10.9. The smallest absolute Gasteiger partial charge is 0.309 e. The van der Waals surface area contributed by atoms with Crippen molar-refractivity contribution in [3.8, 4) is 11.3 Å². The number of benzene rings is 1. The number of nitrogens with zero attached hydrogens (tertiary/aromatic N) is 1. The van der Waals surface area contributed by atoms with Gasteiger partial charge in [-0.05, 0) is 0 Å². The number of amides is 1. The molecule has 0 radical (unpaired) electrons. The lowest BCUT2D eigenvalue weighted by atomic mass is 10.1. The first-order valence-corrected chi connectivity index (χ1v) is 6.73. The van der Waals surface area contributed by atoms with Crippen molar-refractivity contribution in [2.75, 3.05) is 6.54 Å². The molecular weight excluding hydrogens is 310 g/mol. The molecule has 0 saturated carbocycles. The van der Waals surface area contributed by atoms with E-state index in [-0.39, 0.29) is 6.42 Å². The zero-order valence-corrected chi connectivity index (χ0v) is 12.0. The normalized spacial score (nSPS) is 11.2. The maximum atomic E-state index is 13.2. The van der Waals surface area contributed by atoms with Crippen molar-refractivity contribution in [2.45, 2.75) is 18.8 Å². The van der Waals surface area contributed by atoms with Crippen molar-refractivity contribution in [2.24, 2.45) is 0 Å². The van der Waals surface area contributed by atoms with Crippen LogP contribution in [0.15, 0.2) is 40.9 Å². The number of carbonyl (C=O) groups is 2. The van der Waals surface area contributed by atoms with E-state index in [0.29, 0.717) is 11.5 Å². The van der Waals surface area contributed by atoms with E-state index in [2.05, 4.69) is 5.16 Å². The average Bonchev–Trinajstić information content (AvgIpc) is 2.93. The lowest BCUT2D eigenvalue weighted by molar-refractivity contribution is -0.145. The molecule has 0 atom stereocenters. The highest BCUT2D eigenvalue weighted by atomic mass is 19.3. The van der Waals surface area contributed by atoms with E-state index in [1.807, 2.05) is 23.5 Å². The summed E-state index contributed by atoms with van der Waals surface area (Å²) in [4.78, 5) is 21.9. The van der Waals surface area contributed by atoms with Gasteiger partial charge in [0, 0.05) is 11.6 Å². The van der Waals surface area contributed by atoms with Gasteiger partial charge in [0.1, 0.15) is 6.42 Å². The summed E-state index contributed by atoms with van der Waals surface area (Å²) in [6.45, 7) is -1.04. The van der Waals surface area contributed by atoms with Crippen molar-refractivity contribution in [3.63, 3.8) is 0 Å². The van der Waals surface area contributed by atoms with E-state index in [1.54, 1.807) is 18.2 Å². The molecule has 0 bridgehead atoms. The molecule has 1 amide bonds. The molecule has 2 rings (SSSR count). The number of carbonyl (C=O) groups excluding carboxylic acids is 1. The van der Waals surface area contributed by atoms with Crippen LogP contribution in [-0.4, -0.2) is 34.6 Å². The molecule has 2 N–H and O–H groups in total. The number of aliphatic carboxylic acids is 1. The van der Waals surface area contributed by atoms with Gasteiger partial charge in [-0.3, -0.25) is 9.59 Å². The largest absolute Gasteiger partial charge is 0.481 e. The number of rotatable bonds is 7. The number of hydrogen-bond acceptors (Lipinski definition) is 4. The second-order valence-electron chi connectivity index (χ2n) is 4.93. The van der Waals surface area contributed by atoms with Gasteiger partial charge >= 0.3 is 5.97 Å². The number of aromatic nitrogens is 1. The number of halogens is 2. The fourth-order valence-corrected chi connectivity index (χ4v) is 1.87. The molecule has 0 aliphatic carbocycles. The Hall–Kier alpha value is -2.77. The summed E-state index contributed by atoms with van der Waals surface area (Å²) in [6.07, 6.45) is -1.57. The highest BCUT2D eigenvalue weighted by Crippen LogP contribution is 2.20. The van der Waals surface area contributed by atoms with Crippen LogP contribution in [0.4, 0.5) is 8.78 Å². The first kappa shape index (κ1) is 16.6. The SMILES string of the molecule is O=C(O)CC(F)(F)CNC(=O)Cc1cc(-c2ccccc2)on1. The molecule has 0 aliphatic heterocycles. The number of hydrogen-bond donors (Lipinski definition) is 2. The van der Waals surface area contributed by atoms with E-state index in [9.17, 15) is 18.4 Å². The molecule has 23 heavy (non-hydrogen) atoms. The second kappa shape index (κ2) is 6.99. The number of alkyl halides is 2. The van der Waals surface area contributed by atoms with E-state index in [0.717, 1.165) is 5.56 Å². The second-order valence-corrected chi connectivity index (χ2v) is 4.93. The van der Waals surface area contributed by atoms with Crippen LogP contribution >= 0.6 is 0 Å². The van der Waals surface area contributed by atoms with Gasteiger partial charge in [0.2, 0.25) is 5.91 Å². The van der Waals surface area contributed by atoms with Crippen LogP contribution in [0.3, 0.4) is 0 Å². The predicted molar refractivity (Wildman–Crippen MR) is 75.9 cm³/mol. The molecule has 0 aliphatic rings. The lowest BCUT2D eigenvalue weighted by Gasteiger charge is -2.14. The molecule has 122 valence electrons. The van der Waals surface area contributed by atoms with Gasteiger partial charge in [0.05, 0.1) is 18.7 Å². The molecule has 0 saturated heterocycles. The Morgan fingerprint density at radius 1 is 1.26 bits per heavy atom. The summed E-state index contributed by atoms with van der Waals surface area (Å²) in [5, 5.41) is 14.0. The number of carboxylic acids is 1. The van der Waals surface area contributed by atoms with Crippen molar-refractivity contribution in [1.82, 2.24) is 10.5 Å². The Kier molecular flexibility index (Phi) is 5.05. The minimum atomic E-state index is -3.50. The Bertz CT molecular complexity index is 686. The van der Waals surface area contributed by atoms with Crippen LogP contribution < -0.4 is 5.32 Å². The van der Waals surface area contributed by atoms with Crippen LogP contribution in [0.2, 0.25) is 0 Å². The zero-order valence-electron chi connectivity index (χ0n) is 12.0. The maximum absolute atomic E-state index is 13.2. The van der Waals surface area contributed by atoms with Gasteiger partial charge in [-0.1, -0.05) is 35.5 Å². The molecule has 1 heterocycles. The van der Waals surface area contributed by atoms with E-state index in [4.69, 9.17) is 9.63 Å². The van der Waals surface area contributed by atoms with E-state index >= 15 is 0 Å². The third-order valence-electron chi connectivity index (χ3n) is 2.91. The first-order valence-electron chi connectivity index (χ1n) is 6.73. The molecular formula is C15H14F2N2O4. The zero-order chi connectivity index (χ0) is 16.9. The Balaban J connectivity index is 1.89. The van der Waals surface area contributed by atoms with Crippen LogP contribution in [0.25, 0.3) is 11.3 Å². The molecule has 0 spiro atoms. The molecule has 6 nitrogen and oxygen atoms in total. The van der Waals surface area contributed by atoms with Gasteiger partial charge < -0.3 is 14.9 Å². The quantitative estimate of drug-likeness (QED) is 0.814. The average molecular weight is 324 g/mol. The standard InChI is InChI=1S/C15H14F2N2O4/c16-15(17,8-14(21)22)9-18-13(20)7-11-6-12(23-19-11)10-4-2-1-3-5-10/h1-6H,7-9H2,(H,18,20)(H,21,22). The topological polar surface area (TPSA) is 92.4 Å². The fraction of sp³-hybridized carbons (Fsp3) is 0.267. The van der Waals surface area contributed by atoms with Gasteiger partial charge in [-0.15, -0.1) is 0 Å². The van der Waals surface area contributed by atoms with E-state index < -0.39 is 30.8 Å². The molecule has 1 aromatic carbocycles. The van der Waals surface area contributed by atoms with Crippen LogP contribution in [-0.2, 0) is 16.0 Å². The Morgan fingerprint density at radius 2 is 1.96 bits per heavy atom. The molecule has 1 aromatic heterocycles.